The topological polar surface area (TPSA) is 134 Å². The number of aromatic nitrogens is 4. The first-order valence-corrected chi connectivity index (χ1v) is 13.6. The molecule has 1 aliphatic rings. The highest BCUT2D eigenvalue weighted by Crippen LogP contribution is 2.31. The van der Waals surface area contributed by atoms with Gasteiger partial charge in [0.05, 0.1) is 35.6 Å². The smallest absolute Gasteiger partial charge is 0.411 e. The lowest BCUT2D eigenvalue weighted by Gasteiger charge is -2.27. The summed E-state index contributed by atoms with van der Waals surface area (Å²) < 4.78 is 20.5. The number of hydrogen-bond acceptors (Lipinski definition) is 9. The van der Waals surface area contributed by atoms with Gasteiger partial charge in [-0.1, -0.05) is 23.5 Å². The number of likely N-dealkylation sites (tertiary alicyclic amines) is 1. The van der Waals surface area contributed by atoms with E-state index in [-0.39, 0.29) is 31.2 Å². The van der Waals surface area contributed by atoms with Crippen LogP contribution in [0.4, 0.5) is 20.1 Å². The molecule has 0 aliphatic carbocycles. The molecule has 0 spiro atoms. The number of ether oxygens (including phenoxy) is 1. The molecule has 4 heterocycles. The Morgan fingerprint density at radius 2 is 1.95 bits per heavy atom. The minimum absolute atomic E-state index is 0.0480. The van der Waals surface area contributed by atoms with Gasteiger partial charge < -0.3 is 25.0 Å². The molecule has 3 N–H and O–H groups in total. The van der Waals surface area contributed by atoms with Crippen LogP contribution >= 0.6 is 11.3 Å². The minimum atomic E-state index is -0.803. The quantitative estimate of drug-likeness (QED) is 0.306. The molecule has 40 heavy (non-hydrogen) atoms. The molecule has 1 saturated heterocycles. The summed E-state index contributed by atoms with van der Waals surface area (Å²) in [7, 11) is 0. The maximum absolute atomic E-state index is 13.2. The summed E-state index contributed by atoms with van der Waals surface area (Å²) in [6, 6.07) is 7.28. The van der Waals surface area contributed by atoms with Gasteiger partial charge in [0.1, 0.15) is 28.8 Å². The summed E-state index contributed by atoms with van der Waals surface area (Å²) in [6.07, 6.45) is 3.79. The van der Waals surface area contributed by atoms with E-state index in [2.05, 4.69) is 25.6 Å². The Bertz CT molecular complexity index is 1520. The fraction of sp³-hybridized carbons (Fsp3) is 0.370. The first kappa shape index (κ1) is 27.5. The zero-order chi connectivity index (χ0) is 28.4. The molecule has 13 heteroatoms. The predicted octanol–water partition coefficient (Wildman–Crippen LogP) is 3.92. The Balaban J connectivity index is 1.21. The number of halogens is 1. The van der Waals surface area contributed by atoms with Gasteiger partial charge in [-0.3, -0.25) is 9.69 Å². The van der Waals surface area contributed by atoms with Crippen molar-refractivity contribution in [2.45, 2.75) is 51.5 Å². The van der Waals surface area contributed by atoms with E-state index in [4.69, 9.17) is 4.74 Å². The molecular formula is C27H30FN7O4S. The summed E-state index contributed by atoms with van der Waals surface area (Å²) in [6.45, 7) is 6.02. The molecule has 1 aromatic carbocycles. The van der Waals surface area contributed by atoms with E-state index >= 15 is 0 Å². The summed E-state index contributed by atoms with van der Waals surface area (Å²) in [5.74, 6) is -0.0665. The molecule has 2 atom stereocenters. The SMILES string of the molecule is CC(C)(C)OC(=O)N1C[C@H](O)C[C@H]1C(=O)NCCn1cnc2cnc(Nc3ncc(-c4ccc(F)cc4)s3)cc21. The molecule has 0 saturated carbocycles. The van der Waals surface area contributed by atoms with Gasteiger partial charge in [0.25, 0.3) is 0 Å². The van der Waals surface area contributed by atoms with Gasteiger partial charge in [-0.2, -0.15) is 0 Å². The summed E-state index contributed by atoms with van der Waals surface area (Å²) in [4.78, 5) is 40.8. The summed E-state index contributed by atoms with van der Waals surface area (Å²) >= 11 is 1.42. The van der Waals surface area contributed by atoms with E-state index < -0.39 is 23.8 Å². The average Bonchev–Trinajstić information content (AvgIpc) is 3.62. The van der Waals surface area contributed by atoms with Crippen LogP contribution in [0.25, 0.3) is 21.5 Å². The van der Waals surface area contributed by atoms with Crippen molar-refractivity contribution in [3.05, 3.63) is 54.9 Å². The lowest BCUT2D eigenvalue weighted by molar-refractivity contribution is -0.125. The van der Waals surface area contributed by atoms with Crippen molar-refractivity contribution in [3.8, 4) is 10.4 Å². The Kier molecular flexibility index (Phi) is 7.68. The molecule has 5 rings (SSSR count). The lowest BCUT2D eigenvalue weighted by atomic mass is 10.2. The second-order valence-corrected chi connectivity index (χ2v) is 11.5. The number of aliphatic hydroxyl groups excluding tert-OH is 1. The molecular weight excluding hydrogens is 537 g/mol. The van der Waals surface area contributed by atoms with Gasteiger partial charge in [-0.05, 0) is 38.5 Å². The van der Waals surface area contributed by atoms with Crippen LogP contribution in [-0.2, 0) is 16.1 Å². The molecule has 3 aromatic heterocycles. The van der Waals surface area contributed by atoms with E-state index in [1.165, 1.54) is 28.4 Å². The number of benzene rings is 1. The summed E-state index contributed by atoms with van der Waals surface area (Å²) in [5.41, 5.74) is 1.67. The fourth-order valence-corrected chi connectivity index (χ4v) is 5.23. The first-order valence-electron chi connectivity index (χ1n) is 12.8. The number of β-amino-alcohol motifs (C(OH)–C–C–N with tert-alkyl or cyclic N) is 1. The number of pyridine rings is 1. The number of aliphatic hydroxyl groups is 1. The monoisotopic (exact) mass is 567 g/mol. The number of carbonyl (C=O) groups is 2. The van der Waals surface area contributed by atoms with Gasteiger partial charge in [0.15, 0.2) is 5.13 Å². The maximum atomic E-state index is 13.2. The Morgan fingerprint density at radius 1 is 1.18 bits per heavy atom. The third kappa shape index (κ3) is 6.37. The van der Waals surface area contributed by atoms with E-state index in [9.17, 15) is 19.1 Å². The molecule has 0 radical (unpaired) electrons. The average molecular weight is 568 g/mol. The Hall–Kier alpha value is -4.10. The number of rotatable bonds is 7. The maximum Gasteiger partial charge on any atom is 0.411 e. The number of thiazole rings is 1. The van der Waals surface area contributed by atoms with Gasteiger partial charge in [-0.15, -0.1) is 0 Å². The van der Waals surface area contributed by atoms with Crippen molar-refractivity contribution in [1.29, 1.82) is 0 Å². The van der Waals surface area contributed by atoms with Crippen LogP contribution in [0.5, 0.6) is 0 Å². The van der Waals surface area contributed by atoms with Gasteiger partial charge in [0, 0.05) is 31.8 Å². The van der Waals surface area contributed by atoms with Gasteiger partial charge in [0.2, 0.25) is 5.91 Å². The minimum Gasteiger partial charge on any atom is -0.444 e. The van der Waals surface area contributed by atoms with Crippen LogP contribution in [0, 0.1) is 5.82 Å². The number of nitrogens with one attached hydrogen (secondary N) is 2. The first-order chi connectivity index (χ1) is 19.1. The molecule has 1 fully saturated rings. The highest BCUT2D eigenvalue weighted by molar-refractivity contribution is 7.18. The zero-order valence-corrected chi connectivity index (χ0v) is 23.1. The van der Waals surface area contributed by atoms with Gasteiger partial charge >= 0.3 is 6.09 Å². The van der Waals surface area contributed by atoms with Crippen LogP contribution in [0.15, 0.2) is 49.1 Å². The van der Waals surface area contributed by atoms with Crippen LogP contribution in [0.1, 0.15) is 27.2 Å². The largest absolute Gasteiger partial charge is 0.444 e. The standard InChI is InChI=1S/C27H30FN7O4S/c1-27(2,3)39-26(38)35-14-18(36)10-21(35)24(37)29-8-9-34-15-32-19-12-30-23(11-20(19)34)33-25-31-13-22(40-25)16-4-6-17(28)7-5-16/h4-7,11-13,15,18,21,36H,8-10,14H2,1-3H3,(H,29,37)(H,30,31,33)/t18-,21+/m1/s1. The van der Waals surface area contributed by atoms with Crippen molar-refractivity contribution in [1.82, 2.24) is 29.7 Å². The van der Waals surface area contributed by atoms with Crippen molar-refractivity contribution < 1.29 is 23.8 Å². The van der Waals surface area contributed by atoms with E-state index in [0.717, 1.165) is 16.0 Å². The van der Waals surface area contributed by atoms with Gasteiger partial charge in [-0.25, -0.2) is 24.1 Å². The molecule has 0 bridgehead atoms. The molecule has 210 valence electrons. The second-order valence-electron chi connectivity index (χ2n) is 10.5. The third-order valence-electron chi connectivity index (χ3n) is 6.24. The van der Waals surface area contributed by atoms with Crippen molar-refractivity contribution in [2.75, 3.05) is 18.4 Å². The number of hydrogen-bond donors (Lipinski definition) is 3. The van der Waals surface area contributed by atoms with E-state index in [1.807, 2.05) is 10.6 Å². The Morgan fingerprint density at radius 3 is 2.70 bits per heavy atom. The Labute approximate surface area is 234 Å². The highest BCUT2D eigenvalue weighted by atomic mass is 32.1. The van der Waals surface area contributed by atoms with Crippen molar-refractivity contribution in [2.24, 2.45) is 0 Å². The molecule has 0 unspecified atom stereocenters. The number of anilines is 2. The lowest BCUT2D eigenvalue weighted by Crippen LogP contribution is -2.48. The number of fused-ring (bicyclic) bond motifs is 1. The number of imidazole rings is 1. The van der Waals surface area contributed by atoms with Crippen LogP contribution < -0.4 is 10.6 Å². The molecule has 1 aliphatic heterocycles. The van der Waals surface area contributed by atoms with Crippen molar-refractivity contribution in [3.63, 3.8) is 0 Å². The highest BCUT2D eigenvalue weighted by Gasteiger charge is 2.40. The van der Waals surface area contributed by atoms with Crippen LogP contribution in [0.2, 0.25) is 0 Å². The molecule has 4 aromatic rings. The number of carbonyl (C=O) groups excluding carboxylic acids is 2. The van der Waals surface area contributed by atoms with Crippen LogP contribution in [-0.4, -0.2) is 72.4 Å². The van der Waals surface area contributed by atoms with Crippen molar-refractivity contribution >= 4 is 45.3 Å². The number of amides is 2. The van der Waals surface area contributed by atoms with E-state index in [1.54, 1.807) is 51.6 Å². The summed E-state index contributed by atoms with van der Waals surface area (Å²) in [5, 5.41) is 16.8. The predicted molar refractivity (Wildman–Crippen MR) is 149 cm³/mol. The normalized spacial score (nSPS) is 17.3. The third-order valence-corrected chi connectivity index (χ3v) is 7.20. The fourth-order valence-electron chi connectivity index (χ4n) is 4.40. The molecule has 2 amide bonds. The zero-order valence-electron chi connectivity index (χ0n) is 22.3. The molecule has 11 nitrogen and oxygen atoms in total. The number of nitrogens with zero attached hydrogens (tertiary/aromatic N) is 5. The second kappa shape index (κ2) is 11.2. The van der Waals surface area contributed by atoms with Crippen LogP contribution in [0.3, 0.4) is 0 Å². The van der Waals surface area contributed by atoms with E-state index in [0.29, 0.717) is 23.0 Å².